The molecule has 0 heterocycles. The van der Waals surface area contributed by atoms with Gasteiger partial charge in [0.25, 0.3) is 0 Å². The minimum atomic E-state index is -0.506. The molecule has 23 heavy (non-hydrogen) atoms. The lowest BCUT2D eigenvalue weighted by Crippen LogP contribution is -2.44. The normalized spacial score (nSPS) is 21.6. The third kappa shape index (κ3) is 5.68. The predicted octanol–water partition coefficient (Wildman–Crippen LogP) is 4.84. The number of anilines is 1. The molecular formula is C17H24BrFN2O2. The van der Waals surface area contributed by atoms with Crippen molar-refractivity contribution in [2.75, 3.05) is 5.32 Å². The Morgan fingerprint density at radius 3 is 2.65 bits per heavy atom. The SMILES string of the molecule is CC(C)(C)OC(=O)NC1CCCC(Nc2c(F)cccc2Br)C1. The van der Waals surface area contributed by atoms with Crippen LogP contribution in [0.5, 0.6) is 0 Å². The van der Waals surface area contributed by atoms with Crippen molar-refractivity contribution >= 4 is 27.7 Å². The van der Waals surface area contributed by atoms with Crippen LogP contribution in [0.1, 0.15) is 46.5 Å². The molecule has 0 bridgehead atoms. The van der Waals surface area contributed by atoms with E-state index in [0.29, 0.717) is 10.2 Å². The van der Waals surface area contributed by atoms with Crippen LogP contribution in [0.25, 0.3) is 0 Å². The van der Waals surface area contributed by atoms with Crippen molar-refractivity contribution in [1.29, 1.82) is 0 Å². The van der Waals surface area contributed by atoms with Crippen LogP contribution >= 0.6 is 15.9 Å². The Morgan fingerprint density at radius 1 is 1.30 bits per heavy atom. The third-order valence-electron chi connectivity index (χ3n) is 3.71. The van der Waals surface area contributed by atoms with Crippen LogP contribution in [0.15, 0.2) is 22.7 Å². The van der Waals surface area contributed by atoms with Crippen LogP contribution in [0, 0.1) is 5.82 Å². The first-order valence-electron chi connectivity index (χ1n) is 7.94. The van der Waals surface area contributed by atoms with Crippen LogP contribution in [0.4, 0.5) is 14.9 Å². The molecular weight excluding hydrogens is 363 g/mol. The van der Waals surface area contributed by atoms with Gasteiger partial charge >= 0.3 is 6.09 Å². The zero-order valence-electron chi connectivity index (χ0n) is 13.8. The lowest BCUT2D eigenvalue weighted by atomic mass is 9.91. The van der Waals surface area contributed by atoms with Gasteiger partial charge in [0, 0.05) is 16.6 Å². The van der Waals surface area contributed by atoms with Crippen LogP contribution in [0.2, 0.25) is 0 Å². The third-order valence-corrected chi connectivity index (χ3v) is 4.37. The maximum Gasteiger partial charge on any atom is 0.407 e. The first-order valence-corrected chi connectivity index (χ1v) is 8.74. The van der Waals surface area contributed by atoms with Crippen molar-refractivity contribution in [3.05, 3.63) is 28.5 Å². The Labute approximate surface area is 145 Å². The number of nitrogens with one attached hydrogen (secondary N) is 2. The highest BCUT2D eigenvalue weighted by Gasteiger charge is 2.26. The Bertz CT molecular complexity index is 540. The van der Waals surface area contributed by atoms with E-state index in [1.54, 1.807) is 6.07 Å². The van der Waals surface area contributed by atoms with E-state index in [1.165, 1.54) is 6.07 Å². The molecule has 6 heteroatoms. The second-order valence-electron chi connectivity index (χ2n) is 6.95. The molecule has 2 rings (SSSR count). The van der Waals surface area contributed by atoms with Crippen molar-refractivity contribution in [2.45, 2.75) is 64.1 Å². The molecule has 1 aliphatic carbocycles. The number of hydrogen-bond acceptors (Lipinski definition) is 3. The van der Waals surface area contributed by atoms with E-state index in [0.717, 1.165) is 25.7 Å². The van der Waals surface area contributed by atoms with Crippen molar-refractivity contribution in [2.24, 2.45) is 0 Å². The minimum Gasteiger partial charge on any atom is -0.444 e. The summed E-state index contributed by atoms with van der Waals surface area (Å²) < 4.78 is 19.9. The van der Waals surface area contributed by atoms with Crippen LogP contribution in [0.3, 0.4) is 0 Å². The van der Waals surface area contributed by atoms with E-state index in [-0.39, 0.29) is 17.9 Å². The number of ether oxygens (including phenoxy) is 1. The Morgan fingerprint density at radius 2 is 2.00 bits per heavy atom. The minimum absolute atomic E-state index is 0.0432. The van der Waals surface area contributed by atoms with Crippen LogP contribution in [-0.2, 0) is 4.74 Å². The van der Waals surface area contributed by atoms with E-state index >= 15 is 0 Å². The molecule has 2 N–H and O–H groups in total. The van der Waals surface area contributed by atoms with Gasteiger partial charge in [0.1, 0.15) is 11.4 Å². The first kappa shape index (κ1) is 18.0. The molecule has 0 spiro atoms. The molecule has 0 saturated heterocycles. The van der Waals surface area contributed by atoms with Gasteiger partial charge in [0.15, 0.2) is 0 Å². The number of alkyl carbamates (subject to hydrolysis) is 1. The lowest BCUT2D eigenvalue weighted by Gasteiger charge is -2.32. The van der Waals surface area contributed by atoms with Crippen molar-refractivity contribution < 1.29 is 13.9 Å². The number of amides is 1. The van der Waals surface area contributed by atoms with Gasteiger partial charge in [-0.15, -0.1) is 0 Å². The van der Waals surface area contributed by atoms with E-state index in [9.17, 15) is 9.18 Å². The maximum absolute atomic E-state index is 13.9. The fraction of sp³-hybridized carbons (Fsp3) is 0.588. The Hall–Kier alpha value is -1.30. The summed E-state index contributed by atoms with van der Waals surface area (Å²) in [5.74, 6) is -0.276. The molecule has 128 valence electrons. The molecule has 2 atom stereocenters. The highest BCUT2D eigenvalue weighted by Crippen LogP contribution is 2.29. The van der Waals surface area contributed by atoms with Crippen molar-refractivity contribution in [3.8, 4) is 0 Å². The number of halogens is 2. The Balaban J connectivity index is 1.92. The summed E-state index contributed by atoms with van der Waals surface area (Å²) >= 11 is 3.37. The molecule has 1 aromatic carbocycles. The zero-order valence-corrected chi connectivity index (χ0v) is 15.4. The van der Waals surface area contributed by atoms with Gasteiger partial charge in [-0.2, -0.15) is 0 Å². The summed E-state index contributed by atoms with van der Waals surface area (Å²) in [5.41, 5.74) is -0.0237. The van der Waals surface area contributed by atoms with E-state index in [4.69, 9.17) is 4.74 Å². The molecule has 4 nitrogen and oxygen atoms in total. The molecule has 1 amide bonds. The number of rotatable bonds is 3. The van der Waals surface area contributed by atoms with Gasteiger partial charge in [-0.05, 0) is 74.5 Å². The molecule has 1 fully saturated rings. The molecule has 2 unspecified atom stereocenters. The molecule has 0 aromatic heterocycles. The largest absolute Gasteiger partial charge is 0.444 e. The van der Waals surface area contributed by atoms with Gasteiger partial charge in [0.05, 0.1) is 5.69 Å². The second-order valence-corrected chi connectivity index (χ2v) is 7.80. The van der Waals surface area contributed by atoms with Gasteiger partial charge in [-0.25, -0.2) is 9.18 Å². The van der Waals surface area contributed by atoms with Crippen molar-refractivity contribution in [1.82, 2.24) is 5.32 Å². The summed E-state index contributed by atoms with van der Waals surface area (Å²) in [5, 5.41) is 6.17. The second kappa shape index (κ2) is 7.51. The molecule has 0 aliphatic heterocycles. The Kier molecular flexibility index (Phi) is 5.89. The standard InChI is InChI=1S/C17H24BrFN2O2/c1-17(2,3)23-16(22)21-12-7-4-6-11(10-12)20-15-13(18)8-5-9-14(15)19/h5,8-9,11-12,20H,4,6-7,10H2,1-3H3,(H,21,22). The average molecular weight is 387 g/mol. The van der Waals surface area contributed by atoms with Gasteiger partial charge in [0.2, 0.25) is 0 Å². The average Bonchev–Trinajstić information content (AvgIpc) is 2.41. The van der Waals surface area contributed by atoms with Gasteiger partial charge in [-0.1, -0.05) is 6.07 Å². The van der Waals surface area contributed by atoms with Crippen LogP contribution < -0.4 is 10.6 Å². The number of carbonyl (C=O) groups excluding carboxylic acids is 1. The molecule has 1 aromatic rings. The lowest BCUT2D eigenvalue weighted by molar-refractivity contribution is 0.0492. The summed E-state index contributed by atoms with van der Waals surface area (Å²) in [4.78, 5) is 11.9. The van der Waals surface area contributed by atoms with Gasteiger partial charge < -0.3 is 15.4 Å². The van der Waals surface area contributed by atoms with Crippen molar-refractivity contribution in [3.63, 3.8) is 0 Å². The monoisotopic (exact) mass is 386 g/mol. The molecule has 0 radical (unpaired) electrons. The number of benzene rings is 1. The zero-order chi connectivity index (χ0) is 17.0. The van der Waals surface area contributed by atoms with E-state index in [2.05, 4.69) is 26.6 Å². The summed E-state index contributed by atoms with van der Waals surface area (Å²) in [6.45, 7) is 5.52. The smallest absolute Gasteiger partial charge is 0.407 e. The fourth-order valence-corrected chi connectivity index (χ4v) is 3.22. The number of para-hydroxylation sites is 1. The maximum atomic E-state index is 13.9. The predicted molar refractivity (Wildman–Crippen MR) is 93.1 cm³/mol. The van der Waals surface area contributed by atoms with Crippen LogP contribution in [-0.4, -0.2) is 23.8 Å². The highest BCUT2D eigenvalue weighted by molar-refractivity contribution is 9.10. The fourth-order valence-electron chi connectivity index (χ4n) is 2.77. The summed E-state index contributed by atoms with van der Waals surface area (Å²) in [7, 11) is 0. The quantitative estimate of drug-likeness (QED) is 0.781. The molecule has 1 saturated carbocycles. The number of carbonyl (C=O) groups is 1. The summed E-state index contributed by atoms with van der Waals surface area (Å²) in [6.07, 6.45) is 3.20. The highest BCUT2D eigenvalue weighted by atomic mass is 79.9. The van der Waals surface area contributed by atoms with E-state index < -0.39 is 11.7 Å². The van der Waals surface area contributed by atoms with Gasteiger partial charge in [-0.3, -0.25) is 0 Å². The first-order chi connectivity index (χ1) is 10.7. The van der Waals surface area contributed by atoms with E-state index in [1.807, 2.05) is 26.8 Å². The summed E-state index contributed by atoms with van der Waals surface area (Å²) in [6, 6.07) is 5.08. The number of hydrogen-bond donors (Lipinski definition) is 2. The topological polar surface area (TPSA) is 50.4 Å². The molecule has 1 aliphatic rings.